The minimum absolute atomic E-state index is 0.0681. The van der Waals surface area contributed by atoms with Crippen molar-refractivity contribution in [3.63, 3.8) is 0 Å². The normalized spacial score (nSPS) is 23.5. The van der Waals surface area contributed by atoms with Crippen molar-refractivity contribution in [2.45, 2.75) is 44.0 Å². The largest absolute Gasteiger partial charge is 0.491 e. The van der Waals surface area contributed by atoms with E-state index in [1.807, 2.05) is 12.2 Å². The molecular weight excluding hydrogens is 384 g/mol. The highest BCUT2D eigenvalue weighted by Crippen LogP contribution is 2.27. The van der Waals surface area contributed by atoms with Crippen LogP contribution in [0.3, 0.4) is 0 Å². The van der Waals surface area contributed by atoms with Crippen molar-refractivity contribution in [3.8, 4) is 5.75 Å². The minimum Gasteiger partial charge on any atom is -0.491 e. The van der Waals surface area contributed by atoms with Gasteiger partial charge in [-0.2, -0.15) is 0 Å². The van der Waals surface area contributed by atoms with E-state index in [0.29, 0.717) is 17.2 Å². The number of hydrogen-bond donors (Lipinski definition) is 3. The van der Waals surface area contributed by atoms with Crippen LogP contribution >= 0.6 is 11.6 Å². The van der Waals surface area contributed by atoms with Gasteiger partial charge in [-0.15, -0.1) is 0 Å². The lowest BCUT2D eigenvalue weighted by molar-refractivity contribution is -0.136. The van der Waals surface area contributed by atoms with Gasteiger partial charge in [0.1, 0.15) is 18.5 Å². The monoisotopic (exact) mass is 410 g/mol. The third-order valence-electron chi connectivity index (χ3n) is 4.47. The van der Waals surface area contributed by atoms with Crippen LogP contribution in [0.15, 0.2) is 48.6 Å². The Kier molecular flexibility index (Phi) is 9.50. The highest BCUT2D eigenvalue weighted by Gasteiger charge is 2.33. The fraction of sp³-hybridized carbons (Fsp3) is 0.476. The molecule has 4 atom stereocenters. The molecule has 6 nitrogen and oxygen atoms in total. The van der Waals surface area contributed by atoms with Crippen molar-refractivity contribution in [3.05, 3.63) is 53.6 Å². The first kappa shape index (κ1) is 22.4. The minimum atomic E-state index is -0.813. The SMILES string of the molecule is O=C(O)CCC=CCCC1C(O)COC1C=CC(O)COc1cccc(Cl)c1. The number of aliphatic hydroxyl groups excluding tert-OH is 2. The van der Waals surface area contributed by atoms with Crippen molar-refractivity contribution in [1.82, 2.24) is 0 Å². The summed E-state index contributed by atoms with van der Waals surface area (Å²) >= 11 is 5.89. The standard InChI is InChI=1S/C21H27ClO6/c22-15-6-5-7-17(12-15)27-13-16(23)10-11-20-18(19(24)14-28-20)8-3-1-2-4-9-21(25)26/h1-2,5-7,10-12,16,18-20,23-24H,3-4,8-9,13-14H2,(H,25,26). The molecule has 1 aliphatic heterocycles. The summed E-state index contributed by atoms with van der Waals surface area (Å²) in [6, 6.07) is 6.95. The Morgan fingerprint density at radius 1 is 1.36 bits per heavy atom. The van der Waals surface area contributed by atoms with Gasteiger partial charge < -0.3 is 24.8 Å². The van der Waals surface area contributed by atoms with E-state index >= 15 is 0 Å². The van der Waals surface area contributed by atoms with Gasteiger partial charge >= 0.3 is 5.97 Å². The van der Waals surface area contributed by atoms with E-state index in [4.69, 9.17) is 26.2 Å². The van der Waals surface area contributed by atoms with Gasteiger partial charge in [0, 0.05) is 17.4 Å². The maximum absolute atomic E-state index is 10.5. The van der Waals surface area contributed by atoms with Crippen LogP contribution in [0.1, 0.15) is 25.7 Å². The van der Waals surface area contributed by atoms with Crippen LogP contribution < -0.4 is 4.74 Å². The molecule has 0 aliphatic carbocycles. The van der Waals surface area contributed by atoms with Crippen LogP contribution in [0.25, 0.3) is 0 Å². The summed E-state index contributed by atoms with van der Waals surface area (Å²) in [7, 11) is 0. The van der Waals surface area contributed by atoms with Gasteiger partial charge in [0.25, 0.3) is 0 Å². The number of ether oxygens (including phenoxy) is 2. The van der Waals surface area contributed by atoms with Gasteiger partial charge in [0.05, 0.1) is 18.8 Å². The van der Waals surface area contributed by atoms with Crippen molar-refractivity contribution in [2.24, 2.45) is 5.92 Å². The summed E-state index contributed by atoms with van der Waals surface area (Å²) in [4.78, 5) is 10.5. The van der Waals surface area contributed by atoms with E-state index in [-0.39, 0.29) is 31.7 Å². The lowest BCUT2D eigenvalue weighted by Gasteiger charge is -2.17. The molecule has 3 N–H and O–H groups in total. The molecule has 7 heteroatoms. The first-order valence-electron chi connectivity index (χ1n) is 9.37. The topological polar surface area (TPSA) is 96.2 Å². The first-order valence-corrected chi connectivity index (χ1v) is 9.74. The average molecular weight is 411 g/mol. The first-order chi connectivity index (χ1) is 13.5. The Morgan fingerprint density at radius 3 is 2.89 bits per heavy atom. The number of benzene rings is 1. The van der Waals surface area contributed by atoms with Crippen molar-refractivity contribution < 1.29 is 29.6 Å². The van der Waals surface area contributed by atoms with Crippen molar-refractivity contribution in [2.75, 3.05) is 13.2 Å². The predicted octanol–water partition coefficient (Wildman–Crippen LogP) is 3.21. The Hall–Kier alpha value is -1.86. The summed E-state index contributed by atoms with van der Waals surface area (Å²) in [5, 5.41) is 29.4. The molecule has 0 spiro atoms. The number of carboxylic acid groups (broad SMARTS) is 1. The number of aliphatic carboxylic acids is 1. The number of carboxylic acids is 1. The van der Waals surface area contributed by atoms with Gasteiger partial charge in [-0.05, 0) is 37.5 Å². The molecule has 4 unspecified atom stereocenters. The predicted molar refractivity (Wildman–Crippen MR) is 107 cm³/mol. The summed E-state index contributed by atoms with van der Waals surface area (Å²) in [6.07, 6.45) is 7.59. The fourth-order valence-electron chi connectivity index (χ4n) is 2.99. The molecule has 0 bridgehead atoms. The van der Waals surface area contributed by atoms with Gasteiger partial charge in [0.2, 0.25) is 0 Å². The van der Waals surface area contributed by atoms with Gasteiger partial charge in [-0.3, -0.25) is 4.79 Å². The lowest BCUT2D eigenvalue weighted by Crippen LogP contribution is -2.23. The van der Waals surface area contributed by atoms with E-state index < -0.39 is 18.2 Å². The Balaban J connectivity index is 1.76. The van der Waals surface area contributed by atoms with E-state index in [0.717, 1.165) is 12.8 Å². The third kappa shape index (κ3) is 8.02. The van der Waals surface area contributed by atoms with E-state index in [1.165, 1.54) is 0 Å². The number of rotatable bonds is 11. The van der Waals surface area contributed by atoms with Crippen LogP contribution in [-0.4, -0.2) is 52.8 Å². The fourth-order valence-corrected chi connectivity index (χ4v) is 3.17. The zero-order chi connectivity index (χ0) is 20.4. The molecule has 0 amide bonds. The summed E-state index contributed by atoms with van der Waals surface area (Å²) in [5.41, 5.74) is 0. The molecule has 0 aromatic heterocycles. The molecule has 1 aliphatic rings. The van der Waals surface area contributed by atoms with Crippen LogP contribution in [0.4, 0.5) is 0 Å². The molecule has 1 saturated heterocycles. The maximum Gasteiger partial charge on any atom is 0.303 e. The highest BCUT2D eigenvalue weighted by molar-refractivity contribution is 6.30. The van der Waals surface area contributed by atoms with Gasteiger partial charge in [0.15, 0.2) is 0 Å². The van der Waals surface area contributed by atoms with E-state index in [1.54, 1.807) is 36.4 Å². The molecule has 1 heterocycles. The van der Waals surface area contributed by atoms with E-state index in [2.05, 4.69) is 0 Å². The zero-order valence-corrected chi connectivity index (χ0v) is 16.4. The second kappa shape index (κ2) is 11.9. The number of allylic oxidation sites excluding steroid dienone is 2. The Bertz CT molecular complexity index is 675. The third-order valence-corrected chi connectivity index (χ3v) is 4.71. The number of carbonyl (C=O) groups is 1. The Morgan fingerprint density at radius 2 is 2.14 bits per heavy atom. The summed E-state index contributed by atoms with van der Waals surface area (Å²) in [5.74, 6) is -0.297. The second-order valence-corrected chi connectivity index (χ2v) is 7.17. The van der Waals surface area contributed by atoms with Crippen LogP contribution in [0.5, 0.6) is 5.75 Å². The number of aliphatic hydroxyl groups is 2. The van der Waals surface area contributed by atoms with Crippen LogP contribution in [-0.2, 0) is 9.53 Å². The van der Waals surface area contributed by atoms with Crippen LogP contribution in [0, 0.1) is 5.92 Å². The molecule has 1 aromatic rings. The quantitative estimate of drug-likeness (QED) is 0.485. The number of hydrogen-bond acceptors (Lipinski definition) is 5. The lowest BCUT2D eigenvalue weighted by atomic mass is 9.93. The smallest absolute Gasteiger partial charge is 0.303 e. The molecule has 0 saturated carbocycles. The maximum atomic E-state index is 10.5. The van der Waals surface area contributed by atoms with Crippen molar-refractivity contribution >= 4 is 17.6 Å². The molecule has 1 aromatic carbocycles. The molecule has 1 fully saturated rings. The van der Waals surface area contributed by atoms with Gasteiger partial charge in [-0.25, -0.2) is 0 Å². The number of halogens is 1. The zero-order valence-electron chi connectivity index (χ0n) is 15.6. The second-order valence-electron chi connectivity index (χ2n) is 6.73. The molecule has 28 heavy (non-hydrogen) atoms. The van der Waals surface area contributed by atoms with E-state index in [9.17, 15) is 15.0 Å². The Labute approximate surface area is 170 Å². The van der Waals surface area contributed by atoms with Crippen molar-refractivity contribution in [1.29, 1.82) is 0 Å². The summed E-state index contributed by atoms with van der Waals surface area (Å²) in [6.45, 7) is 0.348. The van der Waals surface area contributed by atoms with Gasteiger partial charge in [-0.1, -0.05) is 42.0 Å². The molecule has 2 rings (SSSR count). The van der Waals surface area contributed by atoms with Crippen LogP contribution in [0.2, 0.25) is 5.02 Å². The highest BCUT2D eigenvalue weighted by atomic mass is 35.5. The molecule has 154 valence electrons. The summed E-state index contributed by atoms with van der Waals surface area (Å²) < 4.78 is 11.1. The average Bonchev–Trinajstić information content (AvgIpc) is 3.01. The molecule has 0 radical (unpaired) electrons. The molecular formula is C21H27ClO6.